The van der Waals surface area contributed by atoms with Gasteiger partial charge in [0, 0.05) is 16.7 Å². The van der Waals surface area contributed by atoms with Crippen LogP contribution >= 0.6 is 0 Å². The summed E-state index contributed by atoms with van der Waals surface area (Å²) in [5.41, 5.74) is -0.00521. The van der Waals surface area contributed by atoms with Crippen LogP contribution in [0.4, 0.5) is 0 Å². The highest BCUT2D eigenvalue weighted by molar-refractivity contribution is 4.90. The van der Waals surface area contributed by atoms with Crippen LogP contribution in [0.1, 0.15) is 38.5 Å². The van der Waals surface area contributed by atoms with Gasteiger partial charge < -0.3 is 0 Å². The Morgan fingerprint density at radius 3 is 2.50 bits per heavy atom. The highest BCUT2D eigenvalue weighted by Crippen LogP contribution is 2.37. The van der Waals surface area contributed by atoms with Crippen molar-refractivity contribution in [2.24, 2.45) is 5.41 Å². The SMILES string of the molecule is N#CCC1(C[NH+]=O)CCCCC1. The summed E-state index contributed by atoms with van der Waals surface area (Å²) in [5.74, 6) is 0. The lowest BCUT2D eigenvalue weighted by molar-refractivity contribution is -0.500. The second-order valence-corrected chi connectivity index (χ2v) is 3.72. The quantitative estimate of drug-likeness (QED) is 0.672. The predicted molar refractivity (Wildman–Crippen MR) is 44.9 cm³/mol. The molecule has 12 heavy (non-hydrogen) atoms. The van der Waals surface area contributed by atoms with E-state index in [2.05, 4.69) is 6.07 Å². The van der Waals surface area contributed by atoms with E-state index in [0.717, 1.165) is 12.8 Å². The minimum atomic E-state index is -0.00521. The first-order valence-electron chi connectivity index (χ1n) is 4.55. The van der Waals surface area contributed by atoms with Gasteiger partial charge in [0.2, 0.25) is 0 Å². The van der Waals surface area contributed by atoms with E-state index in [1.54, 1.807) is 0 Å². The number of nitroso groups, excluding NO2 is 1. The minimum absolute atomic E-state index is 0.00521. The molecule has 0 aromatic carbocycles. The Kier molecular flexibility index (Phi) is 3.21. The molecule has 0 aliphatic heterocycles. The Hall–Kier alpha value is -0.910. The average Bonchev–Trinajstić information content (AvgIpc) is 2.07. The zero-order chi connectivity index (χ0) is 8.86. The lowest BCUT2D eigenvalue weighted by Gasteiger charge is -2.30. The first-order chi connectivity index (χ1) is 5.83. The van der Waals surface area contributed by atoms with Crippen molar-refractivity contribution in [2.75, 3.05) is 6.54 Å². The molecule has 1 aliphatic carbocycles. The lowest BCUT2D eigenvalue weighted by atomic mass is 9.72. The van der Waals surface area contributed by atoms with Crippen molar-refractivity contribution >= 4 is 0 Å². The molecular formula is C9H15N2O+. The lowest BCUT2D eigenvalue weighted by Crippen LogP contribution is -2.69. The van der Waals surface area contributed by atoms with Gasteiger partial charge in [-0.2, -0.15) is 5.26 Å². The zero-order valence-electron chi connectivity index (χ0n) is 7.31. The summed E-state index contributed by atoms with van der Waals surface area (Å²) in [6.07, 6.45) is 6.20. The summed E-state index contributed by atoms with van der Waals surface area (Å²) in [4.78, 5) is 10.3. The standard InChI is InChI=1S/C9H14N2O/c10-7-6-9(8-11-12)4-2-1-3-5-9/h1-6,8H2/p+1. The van der Waals surface area contributed by atoms with E-state index in [9.17, 15) is 4.91 Å². The molecule has 1 fully saturated rings. The molecule has 0 spiro atoms. The normalized spacial score (nSPS) is 21.2. The number of hydrogen-bond donors (Lipinski definition) is 1. The first kappa shape index (κ1) is 9.18. The van der Waals surface area contributed by atoms with Crippen LogP contribution < -0.4 is 5.18 Å². The minimum Gasteiger partial charge on any atom is -0.198 e. The molecule has 1 saturated carbocycles. The molecule has 3 heteroatoms. The Morgan fingerprint density at radius 2 is 2.00 bits per heavy atom. The van der Waals surface area contributed by atoms with Gasteiger partial charge in [-0.3, -0.25) is 0 Å². The maximum absolute atomic E-state index is 10.3. The molecule has 0 unspecified atom stereocenters. The van der Waals surface area contributed by atoms with Crippen molar-refractivity contribution in [2.45, 2.75) is 38.5 Å². The zero-order valence-corrected chi connectivity index (χ0v) is 7.31. The number of nitrogens with zero attached hydrogens (tertiary/aromatic N) is 1. The van der Waals surface area contributed by atoms with Crippen molar-refractivity contribution in [1.82, 2.24) is 0 Å². The fraction of sp³-hybridized carbons (Fsp3) is 0.889. The van der Waals surface area contributed by atoms with Crippen LogP contribution in [0.3, 0.4) is 0 Å². The van der Waals surface area contributed by atoms with Crippen molar-refractivity contribution in [1.29, 1.82) is 5.26 Å². The Morgan fingerprint density at radius 1 is 1.33 bits per heavy atom. The number of nitrogens with one attached hydrogen (secondary N) is 1. The molecule has 1 N–H and O–H groups in total. The van der Waals surface area contributed by atoms with Crippen LogP contribution in [0.25, 0.3) is 0 Å². The van der Waals surface area contributed by atoms with E-state index >= 15 is 0 Å². The van der Waals surface area contributed by atoms with Crippen LogP contribution in [0, 0.1) is 21.7 Å². The molecule has 0 saturated heterocycles. The highest BCUT2D eigenvalue weighted by atomic mass is 16.3. The van der Waals surface area contributed by atoms with Crippen LogP contribution in [-0.2, 0) is 0 Å². The maximum Gasteiger partial charge on any atom is 0.195 e. The first-order valence-corrected chi connectivity index (χ1v) is 4.55. The van der Waals surface area contributed by atoms with Gasteiger partial charge in [-0.15, -0.1) is 0 Å². The Labute approximate surface area is 72.7 Å². The van der Waals surface area contributed by atoms with E-state index in [0.29, 0.717) is 13.0 Å². The number of hydrogen-bond acceptors (Lipinski definition) is 2. The molecule has 0 aromatic rings. The molecule has 0 radical (unpaired) electrons. The summed E-state index contributed by atoms with van der Waals surface area (Å²) in [7, 11) is 0. The fourth-order valence-corrected chi connectivity index (χ4v) is 2.04. The van der Waals surface area contributed by atoms with E-state index < -0.39 is 0 Å². The van der Waals surface area contributed by atoms with Gasteiger partial charge in [0.25, 0.3) is 0 Å². The van der Waals surface area contributed by atoms with Gasteiger partial charge in [0.1, 0.15) is 0 Å². The Bertz CT molecular complexity index is 189. The average molecular weight is 167 g/mol. The largest absolute Gasteiger partial charge is 0.198 e. The third-order valence-electron chi connectivity index (χ3n) is 2.82. The van der Waals surface area contributed by atoms with E-state index in [1.165, 1.54) is 19.3 Å². The number of rotatable bonds is 3. The molecule has 0 heterocycles. The van der Waals surface area contributed by atoms with Crippen molar-refractivity contribution in [3.8, 4) is 6.07 Å². The monoisotopic (exact) mass is 167 g/mol. The highest BCUT2D eigenvalue weighted by Gasteiger charge is 2.35. The third-order valence-corrected chi connectivity index (χ3v) is 2.82. The molecule has 0 aromatic heterocycles. The molecule has 66 valence electrons. The molecule has 1 aliphatic rings. The Balaban J connectivity index is 2.57. The van der Waals surface area contributed by atoms with Crippen LogP contribution in [0.15, 0.2) is 0 Å². The van der Waals surface area contributed by atoms with Crippen molar-refractivity contribution in [3.05, 3.63) is 4.91 Å². The summed E-state index contributed by atoms with van der Waals surface area (Å²) in [6.45, 7) is 0.459. The number of nitriles is 1. The molecule has 1 rings (SSSR count). The van der Waals surface area contributed by atoms with E-state index in [4.69, 9.17) is 5.26 Å². The van der Waals surface area contributed by atoms with Gasteiger partial charge in [-0.05, 0) is 18.0 Å². The summed E-state index contributed by atoms with van der Waals surface area (Å²) < 4.78 is 0. The van der Waals surface area contributed by atoms with Gasteiger partial charge in [-0.25, -0.2) is 0 Å². The van der Waals surface area contributed by atoms with Crippen LogP contribution in [0.2, 0.25) is 0 Å². The fourth-order valence-electron chi connectivity index (χ4n) is 2.04. The topological polar surface area (TPSA) is 54.8 Å². The molecule has 0 bridgehead atoms. The van der Waals surface area contributed by atoms with Gasteiger partial charge >= 0.3 is 0 Å². The third kappa shape index (κ3) is 2.04. The summed E-state index contributed by atoms with van der Waals surface area (Å²) >= 11 is 0. The van der Waals surface area contributed by atoms with Gasteiger partial charge in [0.15, 0.2) is 6.54 Å². The van der Waals surface area contributed by atoms with Gasteiger partial charge in [-0.1, -0.05) is 19.3 Å². The molecule has 0 atom stereocenters. The van der Waals surface area contributed by atoms with Crippen LogP contribution in [0.5, 0.6) is 0 Å². The second kappa shape index (κ2) is 4.20. The summed E-state index contributed by atoms with van der Waals surface area (Å²) in [6, 6.07) is 2.18. The molecule has 0 amide bonds. The maximum atomic E-state index is 10.3. The second-order valence-electron chi connectivity index (χ2n) is 3.72. The molecule has 3 nitrogen and oxygen atoms in total. The van der Waals surface area contributed by atoms with Gasteiger partial charge in [0.05, 0.1) is 6.07 Å². The van der Waals surface area contributed by atoms with E-state index in [1.807, 2.05) is 5.18 Å². The smallest absolute Gasteiger partial charge is 0.195 e. The van der Waals surface area contributed by atoms with Crippen LogP contribution in [-0.4, -0.2) is 6.54 Å². The van der Waals surface area contributed by atoms with Crippen molar-refractivity contribution in [3.63, 3.8) is 0 Å². The molecular weight excluding hydrogens is 152 g/mol. The predicted octanol–water partition coefficient (Wildman–Crippen LogP) is 0.698. The van der Waals surface area contributed by atoms with Crippen molar-refractivity contribution < 1.29 is 5.18 Å². The van der Waals surface area contributed by atoms with E-state index in [-0.39, 0.29) is 5.41 Å². The summed E-state index contributed by atoms with van der Waals surface area (Å²) in [5, 5.41) is 10.6.